The average Bonchev–Trinajstić information content (AvgIpc) is 3.44. The van der Waals surface area contributed by atoms with Crippen LogP contribution in [0.5, 0.6) is 0 Å². The first-order valence-electron chi connectivity index (χ1n) is 16.9. The van der Waals surface area contributed by atoms with Gasteiger partial charge in [0.15, 0.2) is 0 Å². The number of likely N-dealkylation sites (N-methyl/N-ethyl adjacent to an activating group) is 1. The summed E-state index contributed by atoms with van der Waals surface area (Å²) in [5, 5.41) is 10.0. The summed E-state index contributed by atoms with van der Waals surface area (Å²) in [6, 6.07) is 13.3. The van der Waals surface area contributed by atoms with E-state index in [-0.39, 0.29) is 47.6 Å². The predicted molar refractivity (Wildman–Crippen MR) is 186 cm³/mol. The van der Waals surface area contributed by atoms with Crippen molar-refractivity contribution < 1.29 is 19.2 Å². The lowest BCUT2D eigenvalue weighted by Gasteiger charge is -2.37. The van der Waals surface area contributed by atoms with Crippen LogP contribution in [-0.4, -0.2) is 93.4 Å². The number of piperidine rings is 3. The van der Waals surface area contributed by atoms with Gasteiger partial charge in [0.25, 0.3) is 17.4 Å². The minimum Gasteiger partial charge on any atom is -0.379 e. The van der Waals surface area contributed by atoms with E-state index in [4.69, 9.17) is 0 Å². The van der Waals surface area contributed by atoms with Gasteiger partial charge in [0, 0.05) is 63.4 Å². The average molecular weight is 731 g/mol. The highest BCUT2D eigenvalue weighted by molar-refractivity contribution is 9.10. The molecule has 3 atom stereocenters. The molecule has 0 saturated carbocycles. The lowest BCUT2D eigenvalue weighted by atomic mass is 9.85. The molecule has 0 aliphatic carbocycles. The van der Waals surface area contributed by atoms with Crippen LogP contribution in [0.4, 0.5) is 5.69 Å². The first-order chi connectivity index (χ1) is 23.6. The number of benzene rings is 2. The van der Waals surface area contributed by atoms with E-state index in [1.165, 1.54) is 10.2 Å². The number of rotatable bonds is 6. The second-order valence-electron chi connectivity index (χ2n) is 13.8. The van der Waals surface area contributed by atoms with Crippen LogP contribution in [0.15, 0.2) is 57.9 Å². The number of aromatic nitrogens is 2. The van der Waals surface area contributed by atoms with E-state index in [1.54, 1.807) is 18.1 Å². The third-order valence-electron chi connectivity index (χ3n) is 10.5. The van der Waals surface area contributed by atoms with Crippen molar-refractivity contribution in [2.75, 3.05) is 38.5 Å². The van der Waals surface area contributed by atoms with Crippen molar-refractivity contribution in [3.63, 3.8) is 0 Å². The Bertz CT molecular complexity index is 1870. The first-order valence-corrected chi connectivity index (χ1v) is 17.7. The maximum Gasteiger partial charge on any atom is 0.282 e. The zero-order valence-corrected chi connectivity index (χ0v) is 29.2. The Morgan fingerprint density at radius 2 is 1.71 bits per heavy atom. The topological polar surface area (TPSA) is 137 Å². The van der Waals surface area contributed by atoms with Gasteiger partial charge < -0.3 is 20.0 Å². The molecule has 1 aromatic heterocycles. The summed E-state index contributed by atoms with van der Waals surface area (Å²) in [6.45, 7) is 3.33. The van der Waals surface area contributed by atoms with Gasteiger partial charge in [0.2, 0.25) is 11.8 Å². The maximum absolute atomic E-state index is 13.6. The van der Waals surface area contributed by atoms with Gasteiger partial charge >= 0.3 is 0 Å². The normalized spacial score (nSPS) is 23.4. The number of hydrogen-bond acceptors (Lipinski definition) is 8. The zero-order chi connectivity index (χ0) is 34.4. The van der Waals surface area contributed by atoms with E-state index >= 15 is 0 Å². The largest absolute Gasteiger partial charge is 0.379 e. The Balaban J connectivity index is 0.969. The fourth-order valence-electron chi connectivity index (χ4n) is 7.96. The van der Waals surface area contributed by atoms with Crippen LogP contribution in [0, 0.1) is 0 Å². The maximum atomic E-state index is 13.6. The molecule has 3 saturated heterocycles. The second kappa shape index (κ2) is 13.5. The van der Waals surface area contributed by atoms with E-state index < -0.39 is 11.9 Å². The number of fused-ring (bicyclic) bond motifs is 1. The molecule has 0 spiro atoms. The van der Waals surface area contributed by atoms with E-state index in [9.17, 15) is 24.0 Å². The summed E-state index contributed by atoms with van der Waals surface area (Å²) in [4.78, 5) is 69.2. The third kappa shape index (κ3) is 6.53. The number of nitrogens with zero attached hydrogens (tertiary/aromatic N) is 5. The molecular formula is C36H40BrN7O5. The summed E-state index contributed by atoms with van der Waals surface area (Å²) in [5.74, 6) is -0.382. The number of hydrogen-bond donors (Lipinski definition) is 2. The number of amides is 4. The highest BCUT2D eigenvalue weighted by atomic mass is 79.9. The number of imide groups is 1. The first kappa shape index (κ1) is 33.2. The van der Waals surface area contributed by atoms with Gasteiger partial charge in [0.1, 0.15) is 10.5 Å². The molecule has 256 valence electrons. The summed E-state index contributed by atoms with van der Waals surface area (Å²) in [7, 11) is 3.72. The summed E-state index contributed by atoms with van der Waals surface area (Å²) < 4.78 is 1.77. The van der Waals surface area contributed by atoms with Crippen LogP contribution in [0.3, 0.4) is 0 Å². The molecule has 3 fully saturated rings. The molecular weight excluding hydrogens is 690 g/mol. The lowest BCUT2D eigenvalue weighted by molar-refractivity contribution is -0.136. The van der Waals surface area contributed by atoms with Crippen molar-refractivity contribution in [1.82, 2.24) is 29.8 Å². The Kier molecular flexibility index (Phi) is 9.14. The Labute approximate surface area is 292 Å². The van der Waals surface area contributed by atoms with Crippen molar-refractivity contribution in [2.24, 2.45) is 7.05 Å². The van der Waals surface area contributed by atoms with Crippen molar-refractivity contribution in [1.29, 1.82) is 0 Å². The molecule has 5 heterocycles. The number of aryl methyl sites for hydroxylation is 1. The van der Waals surface area contributed by atoms with Crippen molar-refractivity contribution in [3.8, 4) is 0 Å². The quantitative estimate of drug-likeness (QED) is 0.370. The number of halogens is 1. The van der Waals surface area contributed by atoms with Gasteiger partial charge in [-0.1, -0.05) is 24.3 Å². The zero-order valence-electron chi connectivity index (χ0n) is 27.7. The molecule has 49 heavy (non-hydrogen) atoms. The Morgan fingerprint density at radius 1 is 0.959 bits per heavy atom. The Morgan fingerprint density at radius 3 is 2.45 bits per heavy atom. The molecule has 2 aromatic carbocycles. The molecule has 12 nitrogen and oxygen atoms in total. The van der Waals surface area contributed by atoms with Crippen LogP contribution in [0.1, 0.15) is 81.3 Å². The van der Waals surface area contributed by atoms with E-state index in [2.05, 4.69) is 61.8 Å². The van der Waals surface area contributed by atoms with Crippen LogP contribution in [-0.2, 0) is 23.2 Å². The fourth-order valence-corrected chi connectivity index (χ4v) is 8.44. The molecule has 7 rings (SSSR count). The monoisotopic (exact) mass is 729 g/mol. The minimum absolute atomic E-state index is 0.0193. The summed E-state index contributed by atoms with van der Waals surface area (Å²) >= 11 is 3.42. The second-order valence-corrected chi connectivity index (χ2v) is 14.6. The fraction of sp³-hybridized carbons (Fsp3) is 0.444. The highest BCUT2D eigenvalue weighted by Crippen LogP contribution is 2.37. The molecule has 4 aliphatic rings. The van der Waals surface area contributed by atoms with Gasteiger partial charge in [-0.2, -0.15) is 5.10 Å². The molecule has 0 bridgehead atoms. The van der Waals surface area contributed by atoms with Gasteiger partial charge in [-0.3, -0.25) is 29.3 Å². The van der Waals surface area contributed by atoms with Gasteiger partial charge in [-0.05, 0) is 95.4 Å². The van der Waals surface area contributed by atoms with Crippen molar-refractivity contribution in [2.45, 2.75) is 62.6 Å². The number of carbonyl (C=O) groups excluding carboxylic acids is 4. The highest BCUT2D eigenvalue weighted by Gasteiger charge is 2.41. The SMILES string of the molecule is CN1C[C@H](Nc2cnn(C)c(=O)c2Br)C[C@H](c2ccc(C(=O)N3CCC(c4cccc5c4CN(C4CCC(=O)NC4=O)C5=O)CC3)cc2)C1. The predicted octanol–water partition coefficient (Wildman–Crippen LogP) is 3.22. The van der Waals surface area contributed by atoms with Gasteiger partial charge in [-0.25, -0.2) is 4.68 Å². The molecule has 4 aliphatic heterocycles. The molecule has 1 unspecified atom stereocenters. The molecule has 13 heteroatoms. The van der Waals surface area contributed by atoms with Crippen molar-refractivity contribution >= 4 is 45.2 Å². The third-order valence-corrected chi connectivity index (χ3v) is 11.3. The molecule has 3 aromatic rings. The molecule has 4 amide bonds. The number of carbonyl (C=O) groups is 4. The standard InChI is InChI=1S/C36H40BrN7O5/c1-41-18-24(16-25(19-41)39-29-17-38-42(2)36(49)32(29)37)21-6-8-23(9-7-21)34(47)43-14-12-22(13-15-43)26-4-3-5-27-28(26)20-44(35(27)48)30-10-11-31(45)40-33(30)46/h3-9,17,22,24-25,30,39H,10-16,18-20H2,1-2H3,(H,40,45,46)/t24-,25+,30?/m0/s1. The number of nitrogens with one attached hydrogen (secondary N) is 2. The molecule has 2 N–H and O–H groups in total. The number of likely N-dealkylation sites (tertiary alicyclic amines) is 2. The van der Waals surface area contributed by atoms with E-state index in [0.29, 0.717) is 47.3 Å². The van der Waals surface area contributed by atoms with E-state index in [0.717, 1.165) is 43.5 Å². The summed E-state index contributed by atoms with van der Waals surface area (Å²) in [6.07, 6.45) is 4.69. The van der Waals surface area contributed by atoms with Gasteiger partial charge in [0.05, 0.1) is 11.9 Å². The molecule has 0 radical (unpaired) electrons. The Hall–Kier alpha value is -4.36. The van der Waals surface area contributed by atoms with E-state index in [1.807, 2.05) is 29.2 Å². The van der Waals surface area contributed by atoms with Crippen molar-refractivity contribution in [3.05, 3.63) is 91.3 Å². The minimum atomic E-state index is -0.639. The smallest absolute Gasteiger partial charge is 0.282 e. The lowest BCUT2D eigenvalue weighted by Crippen LogP contribution is -2.52. The summed E-state index contributed by atoms with van der Waals surface area (Å²) in [5.41, 5.74) is 5.04. The van der Waals surface area contributed by atoms with Crippen LogP contribution in [0.25, 0.3) is 0 Å². The van der Waals surface area contributed by atoms with Crippen LogP contribution < -0.4 is 16.2 Å². The van der Waals surface area contributed by atoms with Gasteiger partial charge in [-0.15, -0.1) is 0 Å². The van der Waals surface area contributed by atoms with Crippen LogP contribution in [0.2, 0.25) is 0 Å². The van der Waals surface area contributed by atoms with Crippen LogP contribution >= 0.6 is 15.9 Å². The number of anilines is 1.